The van der Waals surface area contributed by atoms with Gasteiger partial charge in [0, 0.05) is 38.8 Å². The molecule has 0 aromatic carbocycles. The van der Waals surface area contributed by atoms with Gasteiger partial charge in [-0.1, -0.05) is 19.0 Å². The average Bonchev–Trinajstić information content (AvgIpc) is 3.40. The van der Waals surface area contributed by atoms with Crippen LogP contribution < -0.4 is 5.32 Å². The summed E-state index contributed by atoms with van der Waals surface area (Å²) in [6, 6.07) is 2.21. The highest BCUT2D eigenvalue weighted by Gasteiger charge is 2.35. The summed E-state index contributed by atoms with van der Waals surface area (Å²) in [6.07, 6.45) is 4.08. The number of hydrogen-bond donors (Lipinski definition) is 1. The lowest BCUT2D eigenvalue weighted by atomic mass is 10.0. The maximum atomic E-state index is 12.8. The van der Waals surface area contributed by atoms with E-state index in [0.717, 1.165) is 49.9 Å². The van der Waals surface area contributed by atoms with Gasteiger partial charge in [-0.15, -0.1) is 0 Å². The molecule has 1 saturated heterocycles. The Hall–Kier alpha value is -2.25. The minimum Gasteiger partial charge on any atom is -0.444 e. The predicted octanol–water partition coefficient (Wildman–Crippen LogP) is 3.98. The first kappa shape index (κ1) is 23.4. The molecule has 3 rings (SSSR count). The van der Waals surface area contributed by atoms with Crippen LogP contribution in [-0.2, 0) is 11.3 Å². The second kappa shape index (κ2) is 9.92. The summed E-state index contributed by atoms with van der Waals surface area (Å²) in [5.41, 5.74) is 0.493. The monoisotopic (exact) mass is 433 g/mol. The van der Waals surface area contributed by atoms with Crippen molar-refractivity contribution < 1.29 is 14.1 Å². The number of nitrogens with one attached hydrogen (secondary N) is 1. The van der Waals surface area contributed by atoms with Crippen molar-refractivity contribution in [1.82, 2.24) is 20.3 Å². The topological polar surface area (TPSA) is 83.2 Å². The first-order valence-corrected chi connectivity index (χ1v) is 11.6. The van der Waals surface area contributed by atoms with E-state index in [4.69, 9.17) is 9.26 Å². The molecule has 1 amide bonds. The number of hydrogen-bond acceptors (Lipinski definition) is 5. The van der Waals surface area contributed by atoms with E-state index in [9.17, 15) is 4.79 Å². The van der Waals surface area contributed by atoms with Crippen molar-refractivity contribution in [2.45, 2.75) is 84.4 Å². The molecule has 31 heavy (non-hydrogen) atoms. The number of aliphatic imine (C=N–C) groups is 1. The van der Waals surface area contributed by atoms with Crippen LogP contribution in [0.5, 0.6) is 0 Å². The van der Waals surface area contributed by atoms with E-state index in [2.05, 4.69) is 34.2 Å². The lowest BCUT2D eigenvalue weighted by Gasteiger charge is -2.40. The number of carbonyl (C=O) groups is 1. The molecule has 8 heteroatoms. The van der Waals surface area contributed by atoms with Gasteiger partial charge >= 0.3 is 6.09 Å². The molecule has 0 atom stereocenters. The zero-order chi connectivity index (χ0) is 22.6. The molecule has 8 nitrogen and oxygen atoms in total. The summed E-state index contributed by atoms with van der Waals surface area (Å²) in [7, 11) is 1.80. The SMILES string of the molecule is CN=C(NCc1cc(C(C)C)no1)N1CCC(N(CC2CC2)C(=O)OC(C)(C)C)CC1. The standard InChI is InChI=1S/C23H39N5O3/c1-16(2)20-13-19(31-26-20)14-25-21(24-6)27-11-9-18(10-12-27)28(15-17-7-8-17)22(29)30-23(3,4)5/h13,16-18H,7-12,14-15H2,1-6H3,(H,24,25). The Bertz CT molecular complexity index is 756. The predicted molar refractivity (Wildman–Crippen MR) is 121 cm³/mol. The van der Waals surface area contributed by atoms with Crippen LogP contribution in [0.25, 0.3) is 0 Å². The van der Waals surface area contributed by atoms with Crippen LogP contribution in [0.3, 0.4) is 0 Å². The number of nitrogens with zero attached hydrogens (tertiary/aromatic N) is 4. The summed E-state index contributed by atoms with van der Waals surface area (Å²) in [6.45, 7) is 13.0. The Kier molecular flexibility index (Phi) is 7.49. The van der Waals surface area contributed by atoms with Gasteiger partial charge in [0.1, 0.15) is 5.60 Å². The summed E-state index contributed by atoms with van der Waals surface area (Å²) in [4.78, 5) is 21.5. The molecule has 0 radical (unpaired) electrons. The Labute approximate surface area is 186 Å². The average molecular weight is 434 g/mol. The maximum Gasteiger partial charge on any atom is 0.410 e. The third-order valence-corrected chi connectivity index (χ3v) is 5.79. The smallest absolute Gasteiger partial charge is 0.410 e. The molecule has 1 N–H and O–H groups in total. The van der Waals surface area contributed by atoms with E-state index in [0.29, 0.717) is 18.4 Å². The number of piperidine rings is 1. The van der Waals surface area contributed by atoms with Gasteiger partial charge in [0.25, 0.3) is 0 Å². The third-order valence-electron chi connectivity index (χ3n) is 5.79. The van der Waals surface area contributed by atoms with E-state index < -0.39 is 5.60 Å². The van der Waals surface area contributed by atoms with Crippen LogP contribution in [0, 0.1) is 5.92 Å². The molecule has 1 aliphatic heterocycles. The molecule has 1 aliphatic carbocycles. The molecule has 0 bridgehead atoms. The number of amides is 1. The van der Waals surface area contributed by atoms with Crippen molar-refractivity contribution in [3.8, 4) is 0 Å². The first-order chi connectivity index (χ1) is 14.7. The Morgan fingerprint density at radius 3 is 2.52 bits per heavy atom. The number of likely N-dealkylation sites (tertiary alicyclic amines) is 1. The van der Waals surface area contributed by atoms with Gasteiger partial charge in [-0.3, -0.25) is 4.99 Å². The molecule has 0 unspecified atom stereocenters. The van der Waals surface area contributed by atoms with Gasteiger partial charge in [0.05, 0.1) is 12.2 Å². The molecule has 2 fully saturated rings. The van der Waals surface area contributed by atoms with Crippen LogP contribution in [-0.4, -0.2) is 65.3 Å². The Morgan fingerprint density at radius 2 is 2.00 bits per heavy atom. The van der Waals surface area contributed by atoms with Crippen molar-refractivity contribution in [2.24, 2.45) is 10.9 Å². The number of guanidine groups is 1. The number of ether oxygens (including phenoxy) is 1. The summed E-state index contributed by atoms with van der Waals surface area (Å²) in [5.74, 6) is 2.64. The van der Waals surface area contributed by atoms with Gasteiger partial charge < -0.3 is 24.4 Å². The highest BCUT2D eigenvalue weighted by atomic mass is 16.6. The van der Waals surface area contributed by atoms with Crippen molar-refractivity contribution in [1.29, 1.82) is 0 Å². The van der Waals surface area contributed by atoms with Crippen molar-refractivity contribution in [3.05, 3.63) is 17.5 Å². The fourth-order valence-electron chi connectivity index (χ4n) is 3.84. The largest absolute Gasteiger partial charge is 0.444 e. The minimum atomic E-state index is -0.471. The van der Waals surface area contributed by atoms with Crippen molar-refractivity contribution in [2.75, 3.05) is 26.7 Å². The quantitative estimate of drug-likeness (QED) is 0.540. The van der Waals surface area contributed by atoms with Crippen LogP contribution >= 0.6 is 0 Å². The minimum absolute atomic E-state index is 0.174. The number of rotatable bonds is 6. The van der Waals surface area contributed by atoms with E-state index >= 15 is 0 Å². The van der Waals surface area contributed by atoms with Crippen molar-refractivity contribution >= 4 is 12.1 Å². The second-order valence-electron chi connectivity index (χ2n) is 10.1. The van der Waals surface area contributed by atoms with Gasteiger partial charge in [-0.05, 0) is 58.3 Å². The number of carbonyl (C=O) groups excluding carboxylic acids is 1. The third kappa shape index (κ3) is 6.87. The van der Waals surface area contributed by atoms with Gasteiger partial charge in [-0.2, -0.15) is 0 Å². The van der Waals surface area contributed by atoms with E-state index in [1.54, 1.807) is 7.05 Å². The molecule has 2 aliphatic rings. The van der Waals surface area contributed by atoms with Gasteiger partial charge in [0.2, 0.25) is 0 Å². The first-order valence-electron chi connectivity index (χ1n) is 11.6. The molecule has 174 valence electrons. The molecule has 2 heterocycles. The van der Waals surface area contributed by atoms with E-state index in [1.807, 2.05) is 31.7 Å². The second-order valence-corrected chi connectivity index (χ2v) is 10.1. The van der Waals surface area contributed by atoms with Gasteiger partial charge in [0.15, 0.2) is 11.7 Å². The van der Waals surface area contributed by atoms with Crippen molar-refractivity contribution in [3.63, 3.8) is 0 Å². The fourth-order valence-corrected chi connectivity index (χ4v) is 3.84. The highest BCUT2D eigenvalue weighted by Crippen LogP contribution is 2.32. The highest BCUT2D eigenvalue weighted by molar-refractivity contribution is 5.80. The lowest BCUT2D eigenvalue weighted by Crippen LogP contribution is -2.52. The fraction of sp³-hybridized carbons (Fsp3) is 0.783. The molecule has 1 saturated carbocycles. The molecule has 1 aromatic rings. The van der Waals surface area contributed by atoms with Gasteiger partial charge in [-0.25, -0.2) is 4.79 Å². The zero-order valence-electron chi connectivity index (χ0n) is 20.0. The van der Waals surface area contributed by atoms with E-state index in [1.165, 1.54) is 12.8 Å². The van der Waals surface area contributed by atoms with E-state index in [-0.39, 0.29) is 12.1 Å². The molecule has 1 aromatic heterocycles. The molecular weight excluding hydrogens is 394 g/mol. The molecular formula is C23H39N5O3. The van der Waals surface area contributed by atoms with Crippen LogP contribution in [0.15, 0.2) is 15.6 Å². The lowest BCUT2D eigenvalue weighted by molar-refractivity contribution is 0.00927. The summed E-state index contributed by atoms with van der Waals surface area (Å²) in [5, 5.41) is 7.50. The van der Waals surface area contributed by atoms with Crippen LogP contribution in [0.1, 0.15) is 77.7 Å². The normalized spacial score (nSPS) is 18.4. The Balaban J connectivity index is 1.53. The maximum absolute atomic E-state index is 12.8. The number of aromatic nitrogens is 1. The zero-order valence-corrected chi connectivity index (χ0v) is 20.0. The summed E-state index contributed by atoms with van der Waals surface area (Å²) >= 11 is 0. The van der Waals surface area contributed by atoms with Crippen LogP contribution in [0.2, 0.25) is 0 Å². The molecule has 0 spiro atoms. The summed E-state index contributed by atoms with van der Waals surface area (Å²) < 4.78 is 11.1. The van der Waals surface area contributed by atoms with Crippen LogP contribution in [0.4, 0.5) is 4.79 Å². The Morgan fingerprint density at radius 1 is 1.32 bits per heavy atom.